The molecule has 1 aromatic heterocycles. The van der Waals surface area contributed by atoms with Crippen LogP contribution >= 0.6 is 0 Å². The topological polar surface area (TPSA) is 157 Å². The van der Waals surface area contributed by atoms with E-state index in [1.165, 1.54) is 7.11 Å². The largest absolute Gasteiger partial charge is 0.474 e. The summed E-state index contributed by atoms with van der Waals surface area (Å²) in [5.74, 6) is -2.96. The van der Waals surface area contributed by atoms with Crippen LogP contribution in [0.25, 0.3) is 11.3 Å². The highest BCUT2D eigenvalue weighted by Crippen LogP contribution is 2.48. The molecule has 2 heterocycles. The molecule has 3 aliphatic carbocycles. The number of methoxy groups -OCH3 is 1. The maximum absolute atomic E-state index is 14.0. The predicted molar refractivity (Wildman–Crippen MR) is 169 cm³/mol. The van der Waals surface area contributed by atoms with Crippen molar-refractivity contribution in [3.63, 3.8) is 0 Å². The number of fused-ring (bicyclic) bond motifs is 2. The van der Waals surface area contributed by atoms with Gasteiger partial charge in [-0.1, -0.05) is 42.5 Å². The molecule has 0 bridgehead atoms. The molecule has 4 aliphatic rings. The van der Waals surface area contributed by atoms with Crippen LogP contribution in [0.1, 0.15) is 58.3 Å². The molecule has 3 amide bonds. The molecule has 0 saturated heterocycles. The third-order valence-electron chi connectivity index (χ3n) is 9.85. The molecule has 5 unspecified atom stereocenters. The van der Waals surface area contributed by atoms with E-state index in [-0.39, 0.29) is 43.0 Å². The molecule has 246 valence electrons. The van der Waals surface area contributed by atoms with E-state index in [2.05, 4.69) is 20.0 Å². The molecule has 1 aromatic carbocycles. The van der Waals surface area contributed by atoms with Crippen molar-refractivity contribution in [2.75, 3.05) is 20.7 Å². The number of carbonyl (C=O) groups excluding carboxylic acids is 3. The summed E-state index contributed by atoms with van der Waals surface area (Å²) in [4.78, 5) is 51.9. The van der Waals surface area contributed by atoms with E-state index < -0.39 is 50.1 Å². The Labute approximate surface area is 269 Å². The van der Waals surface area contributed by atoms with Crippen LogP contribution in [0, 0.1) is 17.8 Å². The molecule has 2 N–H and O–H groups in total. The second kappa shape index (κ2) is 12.3. The Kier molecular flexibility index (Phi) is 8.55. The van der Waals surface area contributed by atoms with Crippen LogP contribution < -0.4 is 19.5 Å². The van der Waals surface area contributed by atoms with Gasteiger partial charge in [-0.05, 0) is 58.3 Å². The van der Waals surface area contributed by atoms with E-state index in [4.69, 9.17) is 9.47 Å². The lowest BCUT2D eigenvalue weighted by atomic mass is 9.93. The first-order chi connectivity index (χ1) is 21.9. The van der Waals surface area contributed by atoms with Gasteiger partial charge >= 0.3 is 6.01 Å². The highest BCUT2D eigenvalue weighted by Gasteiger charge is 2.63. The smallest absolute Gasteiger partial charge is 0.320 e. The molecule has 5 atom stereocenters. The third kappa shape index (κ3) is 6.33. The lowest BCUT2D eigenvalue weighted by molar-refractivity contribution is -0.140. The minimum atomic E-state index is -3.91. The molecule has 0 radical (unpaired) electrons. The van der Waals surface area contributed by atoms with E-state index in [1.54, 1.807) is 24.9 Å². The minimum absolute atomic E-state index is 0.123. The molecule has 12 nitrogen and oxygen atoms in total. The summed E-state index contributed by atoms with van der Waals surface area (Å²) in [5.41, 5.74) is 0.0421. The van der Waals surface area contributed by atoms with Crippen molar-refractivity contribution in [1.29, 1.82) is 0 Å². The predicted octanol–water partition coefficient (Wildman–Crippen LogP) is 3.00. The number of amides is 3. The van der Waals surface area contributed by atoms with Gasteiger partial charge in [-0.3, -0.25) is 19.1 Å². The number of hydrogen-bond donors (Lipinski definition) is 2. The standard InChI is InChI=1S/C33H41N5O7S/c1-32(14-15-32)46(42,43)37-30(41)33-20-22(33)13-9-4-5-10-16-38(2)29(40)25-18-23(17-24(25)28(39)36-33)45-27-19-26(34-31(35-27)44-3)21-11-7-6-8-12-21/h6-9,11-13,19,22-25H,4-5,10,14-18,20H2,1-3H3,(H,36,39)(H,37,41). The van der Waals surface area contributed by atoms with Gasteiger partial charge in [-0.15, -0.1) is 0 Å². The average Bonchev–Trinajstić information content (AvgIpc) is 3.92. The Balaban J connectivity index is 1.26. The Bertz CT molecular complexity index is 1640. The first kappa shape index (κ1) is 32.0. The van der Waals surface area contributed by atoms with Gasteiger partial charge in [0.05, 0.1) is 29.4 Å². The lowest BCUT2D eigenvalue weighted by Gasteiger charge is -2.27. The number of allylic oxidation sites excluding steroid dienone is 1. The monoisotopic (exact) mass is 651 g/mol. The van der Waals surface area contributed by atoms with E-state index in [0.717, 1.165) is 24.8 Å². The number of rotatable bonds is 7. The highest BCUT2D eigenvalue weighted by atomic mass is 32.2. The maximum Gasteiger partial charge on any atom is 0.320 e. The van der Waals surface area contributed by atoms with Crippen molar-refractivity contribution in [3.05, 3.63) is 48.6 Å². The van der Waals surface area contributed by atoms with E-state index in [9.17, 15) is 22.8 Å². The Morgan fingerprint density at radius 1 is 1.09 bits per heavy atom. The fourth-order valence-corrected chi connectivity index (χ4v) is 7.79. The number of carbonyl (C=O) groups is 3. The molecular weight excluding hydrogens is 610 g/mol. The van der Waals surface area contributed by atoms with Crippen LogP contribution in [0.3, 0.4) is 0 Å². The first-order valence-electron chi connectivity index (χ1n) is 15.9. The minimum Gasteiger partial charge on any atom is -0.474 e. The summed E-state index contributed by atoms with van der Waals surface area (Å²) in [5, 5.41) is 2.92. The second-order valence-corrected chi connectivity index (χ2v) is 15.4. The number of nitrogens with zero attached hydrogens (tertiary/aromatic N) is 3. The van der Waals surface area contributed by atoms with Gasteiger partial charge in [0.15, 0.2) is 0 Å². The first-order valence-corrected chi connectivity index (χ1v) is 17.4. The number of ether oxygens (including phenoxy) is 2. The van der Waals surface area contributed by atoms with Crippen LogP contribution in [-0.2, 0) is 24.4 Å². The molecule has 2 aromatic rings. The van der Waals surface area contributed by atoms with Gasteiger partial charge in [-0.2, -0.15) is 9.97 Å². The van der Waals surface area contributed by atoms with Crippen LogP contribution in [0.15, 0.2) is 48.6 Å². The molecule has 1 aliphatic heterocycles. The molecule has 13 heteroatoms. The molecule has 3 saturated carbocycles. The van der Waals surface area contributed by atoms with Gasteiger partial charge in [-0.25, -0.2) is 8.42 Å². The zero-order chi connectivity index (χ0) is 32.7. The fourth-order valence-electron chi connectivity index (χ4n) is 6.47. The third-order valence-corrected chi connectivity index (χ3v) is 12.0. The van der Waals surface area contributed by atoms with Crippen LogP contribution in [-0.4, -0.2) is 78.1 Å². The summed E-state index contributed by atoms with van der Waals surface area (Å²) < 4.78 is 38.8. The number of benzene rings is 1. The Morgan fingerprint density at radius 2 is 1.83 bits per heavy atom. The average molecular weight is 652 g/mol. The van der Waals surface area contributed by atoms with Crippen molar-refractivity contribution in [3.8, 4) is 23.1 Å². The molecule has 6 rings (SSSR count). The summed E-state index contributed by atoms with van der Waals surface area (Å²) in [6.07, 6.45) is 7.42. The lowest BCUT2D eigenvalue weighted by Crippen LogP contribution is -2.55. The van der Waals surface area contributed by atoms with E-state index in [1.807, 2.05) is 42.5 Å². The van der Waals surface area contributed by atoms with Crippen LogP contribution in [0.4, 0.5) is 0 Å². The summed E-state index contributed by atoms with van der Waals surface area (Å²) in [6, 6.07) is 11.3. The maximum atomic E-state index is 14.0. The van der Waals surface area contributed by atoms with Gasteiger partial charge in [0.1, 0.15) is 11.6 Å². The normalized spacial score (nSPS) is 29.1. The molecule has 46 heavy (non-hydrogen) atoms. The van der Waals surface area contributed by atoms with Crippen molar-refractivity contribution < 1.29 is 32.3 Å². The highest BCUT2D eigenvalue weighted by molar-refractivity contribution is 7.91. The Hall–Kier alpha value is -4.00. The number of hydrogen-bond acceptors (Lipinski definition) is 9. The van der Waals surface area contributed by atoms with Gasteiger partial charge in [0.2, 0.25) is 27.7 Å². The van der Waals surface area contributed by atoms with Gasteiger partial charge in [0.25, 0.3) is 5.91 Å². The van der Waals surface area contributed by atoms with Crippen molar-refractivity contribution >= 4 is 27.7 Å². The second-order valence-electron chi connectivity index (χ2n) is 13.2. The summed E-state index contributed by atoms with van der Waals surface area (Å²) in [6.45, 7) is 2.16. The van der Waals surface area contributed by atoms with Crippen LogP contribution in [0.2, 0.25) is 0 Å². The SMILES string of the molecule is COc1nc(OC2CC3C(=O)NC4(C(=O)NS(=O)(=O)C5(C)CC5)CC4C=CCCCCN(C)C(=O)C3C2)cc(-c2ccccc2)n1. The van der Waals surface area contributed by atoms with E-state index >= 15 is 0 Å². The van der Waals surface area contributed by atoms with Gasteiger partial charge < -0.3 is 19.7 Å². The van der Waals surface area contributed by atoms with E-state index in [0.29, 0.717) is 25.1 Å². The number of nitrogens with one attached hydrogen (secondary N) is 2. The Morgan fingerprint density at radius 3 is 2.54 bits per heavy atom. The summed E-state index contributed by atoms with van der Waals surface area (Å²) in [7, 11) is -0.703. The molecular formula is C33H41N5O7S. The van der Waals surface area contributed by atoms with Gasteiger partial charge in [0, 0.05) is 31.1 Å². The van der Waals surface area contributed by atoms with Crippen molar-refractivity contribution in [2.45, 2.75) is 74.7 Å². The zero-order valence-corrected chi connectivity index (χ0v) is 27.2. The number of aromatic nitrogens is 2. The fraction of sp³-hybridized carbons (Fsp3) is 0.545. The van der Waals surface area contributed by atoms with Crippen molar-refractivity contribution in [1.82, 2.24) is 24.9 Å². The molecule has 3 fully saturated rings. The van der Waals surface area contributed by atoms with Crippen LogP contribution in [0.5, 0.6) is 11.9 Å². The zero-order valence-electron chi connectivity index (χ0n) is 26.4. The van der Waals surface area contributed by atoms with Crippen molar-refractivity contribution in [2.24, 2.45) is 17.8 Å². The molecule has 0 spiro atoms. The summed E-state index contributed by atoms with van der Waals surface area (Å²) >= 11 is 0. The quantitative estimate of drug-likeness (QED) is 0.430. The number of sulfonamides is 1.